The van der Waals surface area contributed by atoms with Gasteiger partial charge in [-0.05, 0) is 55.9 Å². The van der Waals surface area contributed by atoms with Crippen LogP contribution in [0.3, 0.4) is 0 Å². The summed E-state index contributed by atoms with van der Waals surface area (Å²) < 4.78 is 0. The predicted molar refractivity (Wildman–Crippen MR) is 87.5 cm³/mol. The molecule has 2 amide bonds. The van der Waals surface area contributed by atoms with Gasteiger partial charge in [-0.1, -0.05) is 0 Å². The van der Waals surface area contributed by atoms with Gasteiger partial charge in [-0.2, -0.15) is 0 Å². The minimum atomic E-state index is -0.704. The lowest BCUT2D eigenvalue weighted by molar-refractivity contribution is -0.134. The molecule has 0 saturated heterocycles. The second-order valence-corrected chi connectivity index (χ2v) is 6.78. The van der Waals surface area contributed by atoms with Crippen LogP contribution in [-0.2, 0) is 9.59 Å². The van der Waals surface area contributed by atoms with Gasteiger partial charge in [0.1, 0.15) is 6.04 Å². The van der Waals surface area contributed by atoms with Gasteiger partial charge in [-0.15, -0.1) is 0 Å². The fraction of sp³-hybridized carbons (Fsp3) is 0.867. The smallest absolute Gasteiger partial charge is 0.242 e. The number of carbonyl (C=O) groups is 2. The Hall–Kier alpha value is -1.18. The van der Waals surface area contributed by atoms with Crippen LogP contribution in [0.1, 0.15) is 27.7 Å². The molecule has 130 valence electrons. The summed E-state index contributed by atoms with van der Waals surface area (Å²) >= 11 is 0. The average molecular weight is 316 g/mol. The van der Waals surface area contributed by atoms with E-state index in [0.717, 1.165) is 0 Å². The van der Waals surface area contributed by atoms with Crippen molar-refractivity contribution >= 4 is 11.8 Å². The zero-order valence-electron chi connectivity index (χ0n) is 15.1. The Labute approximate surface area is 134 Å². The molecule has 0 heterocycles. The molecular formula is C15H32N4O3. The lowest BCUT2D eigenvalue weighted by Crippen LogP contribution is -2.57. The van der Waals surface area contributed by atoms with E-state index in [1.165, 1.54) is 0 Å². The normalized spacial score (nSPS) is 16.3. The minimum Gasteiger partial charge on any atom is -0.390 e. The highest BCUT2D eigenvalue weighted by atomic mass is 16.3. The number of hydrogen-bond acceptors (Lipinski definition) is 5. The summed E-state index contributed by atoms with van der Waals surface area (Å²) in [5.41, 5.74) is -0.704. The van der Waals surface area contributed by atoms with E-state index in [9.17, 15) is 14.7 Å². The molecule has 0 aliphatic heterocycles. The van der Waals surface area contributed by atoms with E-state index < -0.39 is 23.7 Å². The van der Waals surface area contributed by atoms with Crippen LogP contribution >= 0.6 is 0 Å². The maximum Gasteiger partial charge on any atom is 0.242 e. The molecule has 0 bridgehead atoms. The first kappa shape index (κ1) is 20.8. The van der Waals surface area contributed by atoms with Gasteiger partial charge in [0.05, 0.1) is 17.7 Å². The number of carbonyl (C=O) groups excluding carboxylic acids is 2. The van der Waals surface area contributed by atoms with Crippen LogP contribution in [0.5, 0.6) is 0 Å². The van der Waals surface area contributed by atoms with Crippen LogP contribution in [-0.4, -0.2) is 85.2 Å². The van der Waals surface area contributed by atoms with Gasteiger partial charge >= 0.3 is 0 Å². The molecule has 0 radical (unpaired) electrons. The molecule has 0 aromatic carbocycles. The van der Waals surface area contributed by atoms with Crippen LogP contribution < -0.4 is 10.6 Å². The lowest BCUT2D eigenvalue weighted by atomic mass is 10.0. The molecule has 0 aliphatic carbocycles. The molecule has 0 aromatic rings. The Balaban J connectivity index is 4.53. The van der Waals surface area contributed by atoms with Gasteiger partial charge in [-0.3, -0.25) is 14.5 Å². The number of aliphatic hydroxyl groups is 1. The molecule has 3 atom stereocenters. The molecule has 0 rings (SSSR count). The van der Waals surface area contributed by atoms with Crippen molar-refractivity contribution in [3.63, 3.8) is 0 Å². The van der Waals surface area contributed by atoms with Gasteiger partial charge in [0.15, 0.2) is 0 Å². The van der Waals surface area contributed by atoms with Gasteiger partial charge in [0.2, 0.25) is 11.8 Å². The Kier molecular flexibility index (Phi) is 8.00. The van der Waals surface area contributed by atoms with Crippen molar-refractivity contribution in [3.05, 3.63) is 0 Å². The molecular weight excluding hydrogens is 284 g/mol. The minimum absolute atomic E-state index is 0.221. The summed E-state index contributed by atoms with van der Waals surface area (Å²) in [5.74, 6) is -0.533. The maximum atomic E-state index is 12.2. The van der Waals surface area contributed by atoms with E-state index in [-0.39, 0.29) is 11.8 Å². The third-order valence-corrected chi connectivity index (χ3v) is 3.91. The predicted octanol–water partition coefficient (Wildman–Crippen LogP) is -0.741. The molecule has 3 N–H and O–H groups in total. The van der Waals surface area contributed by atoms with Crippen LogP contribution in [0.4, 0.5) is 0 Å². The van der Waals surface area contributed by atoms with Crippen LogP contribution in [0.15, 0.2) is 0 Å². The third kappa shape index (κ3) is 6.29. The first-order chi connectivity index (χ1) is 9.89. The largest absolute Gasteiger partial charge is 0.390 e. The van der Waals surface area contributed by atoms with E-state index in [0.29, 0.717) is 6.54 Å². The number of amides is 2. The highest BCUT2D eigenvalue weighted by Gasteiger charge is 2.32. The standard InChI is InChI=1S/C15H32N4O3/c1-10(12(20)9-18(5)6)16-13(21)11(2)17-14(22)15(3,4)19(7)8/h10-12,20H,9H2,1-8H3,(H,16,21)(H,17,22)/t10-,11-,12+/m0/s1. The van der Waals surface area contributed by atoms with Crippen molar-refractivity contribution < 1.29 is 14.7 Å². The number of likely N-dealkylation sites (N-methyl/N-ethyl adjacent to an activating group) is 2. The SMILES string of the molecule is C[C@H](NC(=O)C(C)(C)N(C)C)C(=O)N[C@@H](C)[C@H](O)CN(C)C. The fourth-order valence-electron chi connectivity index (χ4n) is 1.62. The molecule has 22 heavy (non-hydrogen) atoms. The van der Waals surface area contributed by atoms with Crippen LogP contribution in [0.2, 0.25) is 0 Å². The Morgan fingerprint density at radius 3 is 2.00 bits per heavy atom. The van der Waals surface area contributed by atoms with Gasteiger partial charge in [0, 0.05) is 6.54 Å². The van der Waals surface area contributed by atoms with Crippen molar-refractivity contribution in [2.24, 2.45) is 0 Å². The van der Waals surface area contributed by atoms with Gasteiger partial charge in [-0.25, -0.2) is 0 Å². The summed E-state index contributed by atoms with van der Waals surface area (Å²) in [5, 5.41) is 15.4. The van der Waals surface area contributed by atoms with E-state index in [1.807, 2.05) is 33.1 Å². The van der Waals surface area contributed by atoms with E-state index in [1.54, 1.807) is 32.6 Å². The molecule has 0 saturated carbocycles. The average Bonchev–Trinajstić information content (AvgIpc) is 2.36. The maximum absolute atomic E-state index is 12.2. The molecule has 0 fully saturated rings. The van der Waals surface area contributed by atoms with E-state index >= 15 is 0 Å². The van der Waals surface area contributed by atoms with E-state index in [4.69, 9.17) is 0 Å². The summed E-state index contributed by atoms with van der Waals surface area (Å²) in [7, 11) is 7.32. The Bertz CT molecular complexity index is 383. The van der Waals surface area contributed by atoms with Gasteiger partial charge < -0.3 is 20.6 Å². The zero-order chi connectivity index (χ0) is 17.7. The molecule has 0 spiro atoms. The number of nitrogens with one attached hydrogen (secondary N) is 2. The molecule has 7 heteroatoms. The number of nitrogens with zero attached hydrogens (tertiary/aromatic N) is 2. The van der Waals surface area contributed by atoms with Crippen molar-refractivity contribution in [3.8, 4) is 0 Å². The number of hydrogen-bond donors (Lipinski definition) is 3. The Morgan fingerprint density at radius 2 is 1.59 bits per heavy atom. The quantitative estimate of drug-likeness (QED) is 0.549. The molecule has 0 aromatic heterocycles. The zero-order valence-corrected chi connectivity index (χ0v) is 15.1. The first-order valence-electron chi connectivity index (χ1n) is 7.51. The van der Waals surface area contributed by atoms with E-state index in [2.05, 4.69) is 10.6 Å². The first-order valence-corrected chi connectivity index (χ1v) is 7.51. The molecule has 0 aliphatic rings. The van der Waals surface area contributed by atoms with Crippen molar-refractivity contribution in [1.82, 2.24) is 20.4 Å². The highest BCUT2D eigenvalue weighted by molar-refractivity contribution is 5.91. The highest BCUT2D eigenvalue weighted by Crippen LogP contribution is 2.10. The molecule has 0 unspecified atom stereocenters. The monoisotopic (exact) mass is 316 g/mol. The Morgan fingerprint density at radius 1 is 1.09 bits per heavy atom. The van der Waals surface area contributed by atoms with Crippen molar-refractivity contribution in [2.75, 3.05) is 34.7 Å². The molecule has 7 nitrogen and oxygen atoms in total. The summed E-state index contributed by atoms with van der Waals surface area (Å²) in [6.07, 6.45) is -0.667. The van der Waals surface area contributed by atoms with Crippen LogP contribution in [0, 0.1) is 0 Å². The third-order valence-electron chi connectivity index (χ3n) is 3.91. The van der Waals surface area contributed by atoms with Crippen LogP contribution in [0.25, 0.3) is 0 Å². The summed E-state index contributed by atoms with van der Waals surface area (Å²) in [6, 6.07) is -1.06. The summed E-state index contributed by atoms with van der Waals surface area (Å²) in [6.45, 7) is 7.40. The topological polar surface area (TPSA) is 84.9 Å². The number of aliphatic hydroxyl groups excluding tert-OH is 1. The summed E-state index contributed by atoms with van der Waals surface area (Å²) in [4.78, 5) is 27.9. The lowest BCUT2D eigenvalue weighted by Gasteiger charge is -2.32. The van der Waals surface area contributed by atoms with Gasteiger partial charge in [0.25, 0.3) is 0 Å². The van der Waals surface area contributed by atoms with Crippen molar-refractivity contribution in [1.29, 1.82) is 0 Å². The number of rotatable bonds is 8. The second-order valence-electron chi connectivity index (χ2n) is 6.78. The fourth-order valence-corrected chi connectivity index (χ4v) is 1.62. The van der Waals surface area contributed by atoms with Crippen molar-refractivity contribution in [2.45, 2.75) is 51.4 Å². The second kappa shape index (κ2) is 8.45.